The molecule has 2 N–H and O–H groups in total. The lowest BCUT2D eigenvalue weighted by atomic mass is 10.1. The Bertz CT molecular complexity index is 683. The quantitative estimate of drug-likeness (QED) is 0.733. The molecule has 0 aliphatic heterocycles. The number of aromatic nitrogens is 2. The average Bonchev–Trinajstić information content (AvgIpc) is 2.96. The van der Waals surface area contributed by atoms with E-state index in [0.717, 1.165) is 20.8 Å². The topological polar surface area (TPSA) is 76.1 Å². The molecule has 8 heteroatoms. The molecule has 0 aliphatic rings. The van der Waals surface area contributed by atoms with E-state index in [4.69, 9.17) is 4.74 Å². The molecule has 0 saturated heterocycles. The van der Waals surface area contributed by atoms with Crippen molar-refractivity contribution in [2.75, 3.05) is 18.2 Å². The lowest BCUT2D eigenvalue weighted by Crippen LogP contribution is -2.25. The zero-order chi connectivity index (χ0) is 17.6. The van der Waals surface area contributed by atoms with Gasteiger partial charge in [0.2, 0.25) is 11.0 Å². The van der Waals surface area contributed by atoms with E-state index < -0.39 is 0 Å². The number of nitrogens with zero attached hydrogens (tertiary/aromatic N) is 2. The second-order valence-electron chi connectivity index (χ2n) is 6.17. The van der Waals surface area contributed by atoms with E-state index in [1.54, 1.807) is 7.11 Å². The van der Waals surface area contributed by atoms with Crippen molar-refractivity contribution in [2.45, 2.75) is 37.2 Å². The number of amides is 1. The third-order valence-corrected chi connectivity index (χ3v) is 4.81. The van der Waals surface area contributed by atoms with Gasteiger partial charge in [-0.25, -0.2) is 0 Å². The first-order valence-electron chi connectivity index (χ1n) is 7.50. The highest BCUT2D eigenvalue weighted by atomic mass is 32.2. The Morgan fingerprint density at radius 1 is 1.33 bits per heavy atom. The Labute approximate surface area is 150 Å². The minimum atomic E-state index is -0.0599. The molecule has 2 aromatic rings. The fourth-order valence-corrected chi connectivity index (χ4v) is 3.59. The van der Waals surface area contributed by atoms with Gasteiger partial charge in [0.05, 0.1) is 12.9 Å². The van der Waals surface area contributed by atoms with E-state index >= 15 is 0 Å². The van der Waals surface area contributed by atoms with Crippen molar-refractivity contribution in [3.63, 3.8) is 0 Å². The number of rotatable bonds is 7. The van der Waals surface area contributed by atoms with Gasteiger partial charge >= 0.3 is 0 Å². The van der Waals surface area contributed by atoms with Crippen LogP contribution >= 0.6 is 23.1 Å². The van der Waals surface area contributed by atoms with Gasteiger partial charge in [-0.05, 0) is 38.5 Å². The number of ether oxygens (including phenoxy) is 1. The van der Waals surface area contributed by atoms with Gasteiger partial charge < -0.3 is 15.4 Å². The van der Waals surface area contributed by atoms with E-state index in [1.165, 1.54) is 23.1 Å². The Morgan fingerprint density at radius 3 is 2.83 bits per heavy atom. The number of hydrogen-bond donors (Lipinski definition) is 2. The first-order valence-corrected chi connectivity index (χ1v) is 9.30. The van der Waals surface area contributed by atoms with Crippen LogP contribution < -0.4 is 15.4 Å². The number of nitrogens with one attached hydrogen (secondary N) is 2. The molecule has 0 fully saturated rings. The fourth-order valence-electron chi connectivity index (χ4n) is 1.80. The zero-order valence-electron chi connectivity index (χ0n) is 14.3. The van der Waals surface area contributed by atoms with Crippen LogP contribution in [0.15, 0.2) is 28.6 Å². The molecule has 1 heterocycles. The summed E-state index contributed by atoms with van der Waals surface area (Å²) < 4.78 is 5.94. The average molecular weight is 367 g/mol. The van der Waals surface area contributed by atoms with Crippen molar-refractivity contribution in [1.29, 1.82) is 0 Å². The van der Waals surface area contributed by atoms with Gasteiger partial charge in [-0.15, -0.1) is 10.2 Å². The second-order valence-corrected chi connectivity index (χ2v) is 8.37. The molecule has 0 unspecified atom stereocenters. The molecule has 130 valence electrons. The molecule has 6 nitrogen and oxygen atoms in total. The van der Waals surface area contributed by atoms with Crippen LogP contribution in [-0.2, 0) is 11.3 Å². The SMILES string of the molecule is COc1cccc(CNC(=O)CSc2nnc(NC(C)(C)C)s2)c1. The minimum absolute atomic E-state index is 0.0386. The first kappa shape index (κ1) is 18.5. The zero-order valence-corrected chi connectivity index (χ0v) is 15.9. The first-order chi connectivity index (χ1) is 11.4. The van der Waals surface area contributed by atoms with Crippen molar-refractivity contribution < 1.29 is 9.53 Å². The monoisotopic (exact) mass is 366 g/mol. The molecule has 0 bridgehead atoms. The van der Waals surface area contributed by atoms with Gasteiger partial charge in [0.25, 0.3) is 0 Å². The number of carbonyl (C=O) groups excluding carboxylic acids is 1. The molecule has 0 atom stereocenters. The second kappa shape index (κ2) is 8.34. The third kappa shape index (κ3) is 6.37. The molecule has 0 aliphatic carbocycles. The lowest BCUT2D eigenvalue weighted by molar-refractivity contribution is -0.118. The molecule has 1 aromatic heterocycles. The van der Waals surface area contributed by atoms with Crippen LogP contribution in [0.4, 0.5) is 5.13 Å². The normalized spacial score (nSPS) is 11.2. The van der Waals surface area contributed by atoms with Gasteiger partial charge in [-0.2, -0.15) is 0 Å². The number of benzene rings is 1. The molecule has 0 saturated carbocycles. The fraction of sp³-hybridized carbons (Fsp3) is 0.438. The highest BCUT2D eigenvalue weighted by Crippen LogP contribution is 2.27. The Hall–Kier alpha value is -1.80. The predicted molar refractivity (Wildman–Crippen MR) is 98.8 cm³/mol. The van der Waals surface area contributed by atoms with Crippen LogP contribution in [0, 0.1) is 0 Å². The summed E-state index contributed by atoms with van der Waals surface area (Å²) in [6.45, 7) is 6.66. The smallest absolute Gasteiger partial charge is 0.230 e. The van der Waals surface area contributed by atoms with Gasteiger partial charge in [-0.1, -0.05) is 35.2 Å². The summed E-state index contributed by atoms with van der Waals surface area (Å²) in [4.78, 5) is 12.0. The maximum absolute atomic E-state index is 12.0. The van der Waals surface area contributed by atoms with Crippen LogP contribution in [0.1, 0.15) is 26.3 Å². The molecule has 1 aromatic carbocycles. The summed E-state index contributed by atoms with van der Waals surface area (Å²) in [5.41, 5.74) is 0.940. The van der Waals surface area contributed by atoms with Crippen LogP contribution in [0.25, 0.3) is 0 Å². The molecule has 24 heavy (non-hydrogen) atoms. The van der Waals surface area contributed by atoms with Gasteiger partial charge in [0.1, 0.15) is 5.75 Å². The van der Waals surface area contributed by atoms with Crippen molar-refractivity contribution in [3.8, 4) is 5.75 Å². The van der Waals surface area contributed by atoms with Crippen molar-refractivity contribution in [1.82, 2.24) is 15.5 Å². The van der Waals surface area contributed by atoms with Crippen LogP contribution in [0.5, 0.6) is 5.75 Å². The summed E-state index contributed by atoms with van der Waals surface area (Å²) in [6.07, 6.45) is 0. The van der Waals surface area contributed by atoms with E-state index in [1.807, 2.05) is 24.3 Å². The van der Waals surface area contributed by atoms with Crippen molar-refractivity contribution in [3.05, 3.63) is 29.8 Å². The molecular weight excluding hydrogens is 344 g/mol. The number of carbonyl (C=O) groups is 1. The van der Waals surface area contributed by atoms with E-state index in [0.29, 0.717) is 12.3 Å². The predicted octanol–water partition coefficient (Wildman–Crippen LogP) is 3.17. The summed E-state index contributed by atoms with van der Waals surface area (Å²) in [5, 5.41) is 15.1. The Balaban J connectivity index is 1.77. The molecule has 2 rings (SSSR count). The number of thioether (sulfide) groups is 1. The van der Waals surface area contributed by atoms with Gasteiger partial charge in [0.15, 0.2) is 4.34 Å². The van der Waals surface area contributed by atoms with E-state index in [9.17, 15) is 4.79 Å². The number of anilines is 1. The van der Waals surface area contributed by atoms with Gasteiger partial charge in [0, 0.05) is 12.1 Å². The van der Waals surface area contributed by atoms with E-state index in [2.05, 4.69) is 41.6 Å². The third-order valence-electron chi connectivity index (χ3n) is 2.84. The highest BCUT2D eigenvalue weighted by molar-refractivity contribution is 8.01. The van der Waals surface area contributed by atoms with Crippen molar-refractivity contribution in [2.24, 2.45) is 0 Å². The maximum Gasteiger partial charge on any atom is 0.230 e. The summed E-state index contributed by atoms with van der Waals surface area (Å²) in [5.74, 6) is 1.06. The van der Waals surface area contributed by atoms with Crippen LogP contribution in [0.3, 0.4) is 0 Å². The lowest BCUT2D eigenvalue weighted by Gasteiger charge is -2.18. The standard InChI is InChI=1S/C16H22N4O2S2/c1-16(2,3)18-14-19-20-15(24-14)23-10-13(21)17-9-11-6-5-7-12(8-11)22-4/h5-8H,9-10H2,1-4H3,(H,17,21)(H,18,19). The Morgan fingerprint density at radius 2 is 2.12 bits per heavy atom. The van der Waals surface area contributed by atoms with Crippen LogP contribution in [0.2, 0.25) is 0 Å². The summed E-state index contributed by atoms with van der Waals surface area (Å²) in [7, 11) is 1.62. The number of hydrogen-bond acceptors (Lipinski definition) is 7. The molecule has 0 radical (unpaired) electrons. The largest absolute Gasteiger partial charge is 0.497 e. The molecule has 1 amide bonds. The molecule has 0 spiro atoms. The maximum atomic E-state index is 12.0. The van der Waals surface area contributed by atoms with E-state index in [-0.39, 0.29) is 11.4 Å². The van der Waals surface area contributed by atoms with Crippen LogP contribution in [-0.4, -0.2) is 34.5 Å². The number of methoxy groups -OCH3 is 1. The Kier molecular flexibility index (Phi) is 6.44. The molecular formula is C16H22N4O2S2. The summed E-state index contributed by atoms with van der Waals surface area (Å²) in [6, 6.07) is 7.63. The minimum Gasteiger partial charge on any atom is -0.497 e. The van der Waals surface area contributed by atoms with Gasteiger partial charge in [-0.3, -0.25) is 4.79 Å². The highest BCUT2D eigenvalue weighted by Gasteiger charge is 2.14. The van der Waals surface area contributed by atoms with Crippen molar-refractivity contribution >= 4 is 34.1 Å². The summed E-state index contributed by atoms with van der Waals surface area (Å²) >= 11 is 2.84.